The van der Waals surface area contributed by atoms with Crippen LogP contribution in [0.4, 0.5) is 15.9 Å². The summed E-state index contributed by atoms with van der Waals surface area (Å²) in [6, 6.07) is 13.1. The summed E-state index contributed by atoms with van der Waals surface area (Å²) in [5.41, 5.74) is 3.68. The van der Waals surface area contributed by atoms with Crippen molar-refractivity contribution in [2.45, 2.75) is 7.43 Å². The van der Waals surface area contributed by atoms with E-state index in [0.29, 0.717) is 5.69 Å². The smallest absolute Gasteiger partial charge is 0.146 e. The molecule has 1 saturated heterocycles. The first-order valence-electron chi connectivity index (χ1n) is 9.28. The molecule has 0 bridgehead atoms. The van der Waals surface area contributed by atoms with Gasteiger partial charge in [0.2, 0.25) is 0 Å². The van der Waals surface area contributed by atoms with Crippen molar-refractivity contribution < 1.29 is 4.39 Å². The van der Waals surface area contributed by atoms with E-state index in [-0.39, 0.29) is 13.2 Å². The Morgan fingerprint density at radius 2 is 1.69 bits per heavy atom. The lowest BCUT2D eigenvalue weighted by atomic mass is 10.1. The highest BCUT2D eigenvalue weighted by Crippen LogP contribution is 2.29. The topological polar surface area (TPSA) is 60.9 Å². The van der Waals surface area contributed by atoms with Gasteiger partial charge in [-0.1, -0.05) is 25.6 Å². The lowest BCUT2D eigenvalue weighted by molar-refractivity contribution is 0.596. The Morgan fingerprint density at radius 1 is 0.897 bits per heavy atom. The van der Waals surface area contributed by atoms with E-state index in [1.165, 1.54) is 6.07 Å². The van der Waals surface area contributed by atoms with Crippen molar-refractivity contribution >= 4 is 22.4 Å². The highest BCUT2D eigenvalue weighted by Gasteiger charge is 2.22. The van der Waals surface area contributed by atoms with Gasteiger partial charge in [0.1, 0.15) is 18.0 Å². The summed E-state index contributed by atoms with van der Waals surface area (Å²) in [5.74, 6) is 0.747. The fourth-order valence-electron chi connectivity index (χ4n) is 3.75. The van der Waals surface area contributed by atoms with Crippen LogP contribution in [0.5, 0.6) is 0 Å². The molecule has 6 nitrogen and oxygen atoms in total. The van der Waals surface area contributed by atoms with Crippen LogP contribution in [0.15, 0.2) is 61.2 Å². The monoisotopic (exact) mass is 390 g/mol. The second-order valence-electron chi connectivity index (χ2n) is 6.84. The van der Waals surface area contributed by atoms with E-state index in [9.17, 15) is 4.39 Å². The molecule has 2 aromatic carbocycles. The fraction of sp³-hybridized carbons (Fsp3) is 0.227. The molecule has 0 radical (unpaired) electrons. The summed E-state index contributed by atoms with van der Waals surface area (Å²) in [4.78, 5) is 13.3. The maximum absolute atomic E-state index is 14.1. The number of piperazine rings is 1. The molecule has 29 heavy (non-hydrogen) atoms. The number of benzene rings is 2. The fourth-order valence-corrected chi connectivity index (χ4v) is 3.75. The van der Waals surface area contributed by atoms with Gasteiger partial charge in [0.15, 0.2) is 0 Å². The number of hydrogen-bond acceptors (Lipinski definition) is 5. The first-order valence-corrected chi connectivity index (χ1v) is 9.28. The van der Waals surface area contributed by atoms with Gasteiger partial charge in [-0.15, -0.1) is 0 Å². The molecule has 0 spiro atoms. The van der Waals surface area contributed by atoms with Gasteiger partial charge in [-0.3, -0.25) is 5.10 Å². The summed E-state index contributed by atoms with van der Waals surface area (Å²) >= 11 is 0. The maximum atomic E-state index is 14.1. The zero-order chi connectivity index (χ0) is 18.9. The Morgan fingerprint density at radius 3 is 2.45 bits per heavy atom. The minimum absolute atomic E-state index is 0. The van der Waals surface area contributed by atoms with E-state index in [2.05, 4.69) is 36.0 Å². The van der Waals surface area contributed by atoms with E-state index >= 15 is 0 Å². The quantitative estimate of drug-likeness (QED) is 0.570. The molecular weight excluding hydrogens is 367 g/mol. The lowest BCUT2D eigenvalue weighted by Gasteiger charge is -2.37. The van der Waals surface area contributed by atoms with Gasteiger partial charge >= 0.3 is 0 Å². The first kappa shape index (κ1) is 18.9. The molecular formula is C22H23FN6. The standard InChI is InChI=1S/C21H19FN6.CH4/c22-18-3-1-2-4-20(18)27-7-9-28(10-8-27)21-17-11-15(16-12-25-26-13-16)5-6-19(17)23-14-24-21;/h1-6,11-14H,7-10H2,(H,25,26);1H4. The molecule has 0 amide bonds. The molecule has 3 heterocycles. The summed E-state index contributed by atoms with van der Waals surface area (Å²) in [7, 11) is 0. The van der Waals surface area contributed by atoms with Gasteiger partial charge in [-0.2, -0.15) is 5.10 Å². The molecule has 7 heteroatoms. The number of rotatable bonds is 3. The van der Waals surface area contributed by atoms with Crippen molar-refractivity contribution in [1.82, 2.24) is 20.2 Å². The number of anilines is 2. The molecule has 2 aromatic heterocycles. The van der Waals surface area contributed by atoms with E-state index in [1.54, 1.807) is 18.6 Å². The zero-order valence-corrected chi connectivity index (χ0v) is 15.2. The SMILES string of the molecule is C.Fc1ccccc1N1CCN(c2ncnc3ccc(-c4cn[nH]c4)cc23)CC1. The van der Waals surface area contributed by atoms with E-state index in [4.69, 9.17) is 0 Å². The highest BCUT2D eigenvalue weighted by atomic mass is 19.1. The summed E-state index contributed by atoms with van der Waals surface area (Å²) < 4.78 is 14.1. The largest absolute Gasteiger partial charge is 0.366 e. The van der Waals surface area contributed by atoms with Crippen LogP contribution in [0.1, 0.15) is 7.43 Å². The Bertz CT molecular complexity index is 1100. The van der Waals surface area contributed by atoms with Crippen LogP contribution in [0, 0.1) is 5.82 Å². The molecule has 5 rings (SSSR count). The molecule has 0 saturated carbocycles. The summed E-state index contributed by atoms with van der Waals surface area (Å²) in [6.45, 7) is 3.04. The molecule has 0 atom stereocenters. The number of hydrogen-bond donors (Lipinski definition) is 1. The van der Waals surface area contributed by atoms with Crippen molar-refractivity contribution in [2.75, 3.05) is 36.0 Å². The lowest BCUT2D eigenvalue weighted by Crippen LogP contribution is -2.47. The minimum Gasteiger partial charge on any atom is -0.366 e. The third kappa shape index (κ3) is 3.51. The van der Waals surface area contributed by atoms with Crippen molar-refractivity contribution in [3.05, 3.63) is 67.0 Å². The Kier molecular flexibility index (Phi) is 5.12. The van der Waals surface area contributed by atoms with Gasteiger partial charge < -0.3 is 9.80 Å². The van der Waals surface area contributed by atoms with Crippen molar-refractivity contribution in [3.63, 3.8) is 0 Å². The molecule has 1 N–H and O–H groups in total. The number of fused-ring (bicyclic) bond motifs is 1. The third-order valence-electron chi connectivity index (χ3n) is 5.22. The average Bonchev–Trinajstić information content (AvgIpc) is 3.28. The minimum atomic E-state index is -0.173. The number of para-hydroxylation sites is 1. The molecule has 1 aliphatic heterocycles. The van der Waals surface area contributed by atoms with Crippen LogP contribution >= 0.6 is 0 Å². The van der Waals surface area contributed by atoms with Gasteiger partial charge in [0.25, 0.3) is 0 Å². The second kappa shape index (κ2) is 7.87. The molecule has 148 valence electrons. The molecule has 0 unspecified atom stereocenters. The molecule has 0 aliphatic carbocycles. The number of H-pyrrole nitrogens is 1. The average molecular weight is 390 g/mol. The van der Waals surface area contributed by atoms with E-state index in [1.807, 2.05) is 30.5 Å². The number of aromatic nitrogens is 4. The normalized spacial score (nSPS) is 14.1. The molecule has 4 aromatic rings. The van der Waals surface area contributed by atoms with Crippen LogP contribution < -0.4 is 9.80 Å². The van der Waals surface area contributed by atoms with Gasteiger partial charge in [0.05, 0.1) is 17.4 Å². The van der Waals surface area contributed by atoms with Crippen LogP contribution in [0.25, 0.3) is 22.0 Å². The van der Waals surface area contributed by atoms with Crippen molar-refractivity contribution in [1.29, 1.82) is 0 Å². The van der Waals surface area contributed by atoms with E-state index in [0.717, 1.165) is 54.0 Å². The Labute approximate surface area is 169 Å². The summed E-state index contributed by atoms with van der Waals surface area (Å²) in [6.07, 6.45) is 5.29. The van der Waals surface area contributed by atoms with Gasteiger partial charge in [-0.05, 0) is 29.8 Å². The van der Waals surface area contributed by atoms with Crippen LogP contribution in [0.3, 0.4) is 0 Å². The predicted molar refractivity (Wildman–Crippen MR) is 115 cm³/mol. The summed E-state index contributed by atoms with van der Waals surface area (Å²) in [5, 5.41) is 7.90. The maximum Gasteiger partial charge on any atom is 0.146 e. The third-order valence-corrected chi connectivity index (χ3v) is 5.22. The number of nitrogens with one attached hydrogen (secondary N) is 1. The number of halogens is 1. The van der Waals surface area contributed by atoms with Crippen LogP contribution in [-0.4, -0.2) is 46.3 Å². The Hall–Kier alpha value is -3.48. The molecule has 1 aliphatic rings. The number of nitrogens with zero attached hydrogens (tertiary/aromatic N) is 5. The van der Waals surface area contributed by atoms with E-state index < -0.39 is 0 Å². The second-order valence-corrected chi connectivity index (χ2v) is 6.84. The van der Waals surface area contributed by atoms with Crippen molar-refractivity contribution in [3.8, 4) is 11.1 Å². The van der Waals surface area contributed by atoms with Crippen LogP contribution in [0.2, 0.25) is 0 Å². The van der Waals surface area contributed by atoms with Gasteiger partial charge in [-0.25, -0.2) is 14.4 Å². The zero-order valence-electron chi connectivity index (χ0n) is 15.2. The van der Waals surface area contributed by atoms with Gasteiger partial charge in [0, 0.05) is 43.3 Å². The highest BCUT2D eigenvalue weighted by molar-refractivity contribution is 5.92. The molecule has 1 fully saturated rings. The number of aromatic amines is 1. The predicted octanol–water partition coefficient (Wildman–Crippen LogP) is 4.12. The van der Waals surface area contributed by atoms with Crippen LogP contribution in [-0.2, 0) is 0 Å². The Balaban J connectivity index is 0.00000205. The first-order chi connectivity index (χ1) is 13.8. The van der Waals surface area contributed by atoms with Crippen molar-refractivity contribution in [2.24, 2.45) is 0 Å².